The van der Waals surface area contributed by atoms with Crippen molar-refractivity contribution in [1.29, 1.82) is 0 Å². The molecule has 0 unspecified atom stereocenters. The Bertz CT molecular complexity index is 571. The van der Waals surface area contributed by atoms with Crippen LogP contribution in [0.5, 0.6) is 0 Å². The van der Waals surface area contributed by atoms with Crippen LogP contribution in [0.15, 0.2) is 29.6 Å². The van der Waals surface area contributed by atoms with E-state index in [0.29, 0.717) is 24.2 Å². The number of hydrogen-bond acceptors (Lipinski definition) is 4. The minimum atomic E-state index is -0.329. The maximum absolute atomic E-state index is 13.4. The Balaban J connectivity index is 1.95. The van der Waals surface area contributed by atoms with Gasteiger partial charge in [0.05, 0.1) is 5.01 Å². The molecule has 6 heteroatoms. The van der Waals surface area contributed by atoms with Crippen molar-refractivity contribution in [1.82, 2.24) is 10.3 Å². The lowest BCUT2D eigenvalue weighted by Crippen LogP contribution is -2.23. The minimum Gasteiger partial charge on any atom is -0.346 e. The molecule has 0 spiro atoms. The van der Waals surface area contributed by atoms with Crippen LogP contribution >= 0.6 is 11.3 Å². The third kappa shape index (κ3) is 3.59. The smallest absolute Gasteiger partial charge is 0.271 e. The molecule has 100 valence electrons. The van der Waals surface area contributed by atoms with Gasteiger partial charge in [-0.2, -0.15) is 0 Å². The van der Waals surface area contributed by atoms with Crippen molar-refractivity contribution < 1.29 is 9.18 Å². The molecule has 0 aliphatic heterocycles. The molecule has 0 saturated heterocycles. The third-order valence-electron chi connectivity index (χ3n) is 2.54. The van der Waals surface area contributed by atoms with Gasteiger partial charge in [0.2, 0.25) is 0 Å². The van der Waals surface area contributed by atoms with E-state index in [2.05, 4.69) is 10.3 Å². The average Bonchev–Trinajstić information content (AvgIpc) is 2.87. The van der Waals surface area contributed by atoms with Gasteiger partial charge in [0.15, 0.2) is 0 Å². The first-order valence-electron chi connectivity index (χ1n) is 5.87. The summed E-state index contributed by atoms with van der Waals surface area (Å²) in [5.74, 6) is -0.632. The van der Waals surface area contributed by atoms with E-state index in [9.17, 15) is 9.18 Å². The Hall–Kier alpha value is -1.79. The third-order valence-corrected chi connectivity index (χ3v) is 3.45. The molecule has 0 aliphatic rings. The molecule has 1 aromatic carbocycles. The van der Waals surface area contributed by atoms with Crippen LogP contribution in [0.4, 0.5) is 4.39 Å². The summed E-state index contributed by atoms with van der Waals surface area (Å²) in [7, 11) is 0. The minimum absolute atomic E-state index is 0.148. The Labute approximate surface area is 114 Å². The van der Waals surface area contributed by atoms with Gasteiger partial charge in [0.25, 0.3) is 5.91 Å². The van der Waals surface area contributed by atoms with Crippen LogP contribution in [0.25, 0.3) is 0 Å². The topological polar surface area (TPSA) is 68.0 Å². The fourth-order valence-corrected chi connectivity index (χ4v) is 2.36. The number of carbonyl (C=O) groups excluding carboxylic acids is 1. The van der Waals surface area contributed by atoms with Crippen LogP contribution in [0.1, 0.15) is 21.1 Å². The lowest BCUT2D eigenvalue weighted by Gasteiger charge is -2.04. The van der Waals surface area contributed by atoms with Gasteiger partial charge in [0.1, 0.15) is 11.5 Å². The molecule has 0 aliphatic carbocycles. The first-order valence-corrected chi connectivity index (χ1v) is 6.74. The highest BCUT2D eigenvalue weighted by Gasteiger charge is 2.11. The van der Waals surface area contributed by atoms with E-state index < -0.39 is 0 Å². The summed E-state index contributed by atoms with van der Waals surface area (Å²) in [6.45, 7) is 0.652. The SMILES string of the molecule is NCCc1nc(C(=O)NCc2ccccc2F)cs1. The van der Waals surface area contributed by atoms with Crippen molar-refractivity contribution >= 4 is 17.2 Å². The van der Waals surface area contributed by atoms with E-state index in [0.717, 1.165) is 5.01 Å². The molecule has 1 aromatic heterocycles. The summed E-state index contributed by atoms with van der Waals surface area (Å²) in [5.41, 5.74) is 6.23. The Morgan fingerprint density at radius 1 is 1.42 bits per heavy atom. The van der Waals surface area contributed by atoms with E-state index in [1.807, 2.05) is 0 Å². The largest absolute Gasteiger partial charge is 0.346 e. The summed E-state index contributed by atoms with van der Waals surface area (Å²) in [6.07, 6.45) is 0.658. The highest BCUT2D eigenvalue weighted by molar-refractivity contribution is 7.09. The molecule has 0 fully saturated rings. The number of nitrogens with one attached hydrogen (secondary N) is 1. The fourth-order valence-electron chi connectivity index (χ4n) is 1.56. The summed E-state index contributed by atoms with van der Waals surface area (Å²) in [6, 6.07) is 6.34. The zero-order valence-corrected chi connectivity index (χ0v) is 11.0. The van der Waals surface area contributed by atoms with Gasteiger partial charge in [-0.25, -0.2) is 9.37 Å². The van der Waals surface area contributed by atoms with E-state index in [4.69, 9.17) is 5.73 Å². The second kappa shape index (κ2) is 6.40. The first-order chi connectivity index (χ1) is 9.20. The van der Waals surface area contributed by atoms with Crippen LogP contribution in [-0.2, 0) is 13.0 Å². The van der Waals surface area contributed by atoms with Gasteiger partial charge >= 0.3 is 0 Å². The van der Waals surface area contributed by atoms with E-state index >= 15 is 0 Å². The molecule has 19 heavy (non-hydrogen) atoms. The second-order valence-electron chi connectivity index (χ2n) is 3.94. The van der Waals surface area contributed by atoms with E-state index in [-0.39, 0.29) is 18.3 Å². The molecule has 0 bridgehead atoms. The highest BCUT2D eigenvalue weighted by Crippen LogP contribution is 2.11. The van der Waals surface area contributed by atoms with E-state index in [1.165, 1.54) is 17.4 Å². The van der Waals surface area contributed by atoms with E-state index in [1.54, 1.807) is 23.6 Å². The van der Waals surface area contributed by atoms with Crippen molar-refractivity contribution in [2.45, 2.75) is 13.0 Å². The summed E-state index contributed by atoms with van der Waals surface area (Å²) in [4.78, 5) is 16.0. The number of nitrogens with zero attached hydrogens (tertiary/aromatic N) is 1. The lowest BCUT2D eigenvalue weighted by atomic mass is 10.2. The second-order valence-corrected chi connectivity index (χ2v) is 4.88. The lowest BCUT2D eigenvalue weighted by molar-refractivity contribution is 0.0946. The summed E-state index contributed by atoms with van der Waals surface area (Å²) < 4.78 is 13.4. The number of rotatable bonds is 5. The fraction of sp³-hybridized carbons (Fsp3) is 0.231. The standard InChI is InChI=1S/C13H14FN3OS/c14-10-4-2-1-3-9(10)7-16-13(18)11-8-19-12(17-11)5-6-15/h1-4,8H,5-7,15H2,(H,16,18). The first kappa shape index (κ1) is 13.6. The van der Waals surface area contributed by atoms with Crippen LogP contribution in [0.2, 0.25) is 0 Å². The molecule has 1 heterocycles. The monoisotopic (exact) mass is 279 g/mol. The van der Waals surface area contributed by atoms with Crippen molar-refractivity contribution in [2.75, 3.05) is 6.54 Å². The van der Waals surface area contributed by atoms with Gasteiger partial charge < -0.3 is 11.1 Å². The Kier molecular flexibility index (Phi) is 4.59. The number of nitrogens with two attached hydrogens (primary N) is 1. The predicted molar refractivity (Wildman–Crippen MR) is 72.4 cm³/mol. The number of thiazole rings is 1. The molecular formula is C13H14FN3OS. The van der Waals surface area contributed by atoms with Crippen molar-refractivity contribution in [3.63, 3.8) is 0 Å². The zero-order chi connectivity index (χ0) is 13.7. The number of benzene rings is 1. The normalized spacial score (nSPS) is 10.4. The molecule has 0 atom stereocenters. The van der Waals surface area contributed by atoms with Crippen molar-refractivity contribution in [3.8, 4) is 0 Å². The maximum atomic E-state index is 13.4. The molecule has 0 radical (unpaired) electrons. The number of halogens is 1. The molecule has 0 saturated carbocycles. The van der Waals surface area contributed by atoms with Gasteiger partial charge in [-0.05, 0) is 12.6 Å². The summed E-state index contributed by atoms with van der Waals surface area (Å²) >= 11 is 1.40. The molecular weight excluding hydrogens is 265 g/mol. The highest BCUT2D eigenvalue weighted by atomic mass is 32.1. The zero-order valence-electron chi connectivity index (χ0n) is 10.2. The maximum Gasteiger partial charge on any atom is 0.271 e. The average molecular weight is 279 g/mol. The molecule has 2 aromatic rings. The van der Waals surface area contributed by atoms with Crippen molar-refractivity contribution in [2.24, 2.45) is 5.73 Å². The number of aromatic nitrogens is 1. The summed E-state index contributed by atoms with van der Waals surface area (Å²) in [5, 5.41) is 5.16. The van der Waals surface area contributed by atoms with Gasteiger partial charge in [0, 0.05) is 23.9 Å². The van der Waals surface area contributed by atoms with Crippen LogP contribution in [-0.4, -0.2) is 17.4 Å². The van der Waals surface area contributed by atoms with Crippen LogP contribution < -0.4 is 11.1 Å². The number of hydrogen-bond donors (Lipinski definition) is 2. The van der Waals surface area contributed by atoms with Gasteiger partial charge in [-0.3, -0.25) is 4.79 Å². The Morgan fingerprint density at radius 2 is 2.21 bits per heavy atom. The predicted octanol–water partition coefficient (Wildman–Crippen LogP) is 1.71. The van der Waals surface area contributed by atoms with Gasteiger partial charge in [-0.1, -0.05) is 18.2 Å². The quantitative estimate of drug-likeness (QED) is 0.875. The molecule has 1 amide bonds. The van der Waals surface area contributed by atoms with Gasteiger partial charge in [-0.15, -0.1) is 11.3 Å². The molecule has 4 nitrogen and oxygen atoms in total. The molecule has 2 rings (SSSR count). The van der Waals surface area contributed by atoms with Crippen molar-refractivity contribution in [3.05, 3.63) is 51.7 Å². The number of carbonyl (C=O) groups is 1. The number of amides is 1. The Morgan fingerprint density at radius 3 is 2.95 bits per heavy atom. The van der Waals surface area contributed by atoms with Crippen LogP contribution in [0, 0.1) is 5.82 Å². The van der Waals surface area contributed by atoms with Crippen LogP contribution in [0.3, 0.4) is 0 Å². The molecule has 3 N–H and O–H groups in total.